The van der Waals surface area contributed by atoms with Crippen LogP contribution in [0.25, 0.3) is 0 Å². The van der Waals surface area contributed by atoms with Gasteiger partial charge in [-0.2, -0.15) is 0 Å². The Morgan fingerprint density at radius 3 is 1.05 bits per heavy atom. The number of allylic oxidation sites excluding steroid dienone is 29. The van der Waals surface area contributed by atoms with Crippen LogP contribution in [0.4, 0.5) is 0 Å². The maximum atomic E-state index is 13.4. The molecule has 0 saturated carbocycles. The monoisotopic (exact) mass is 1460 g/mol. The maximum Gasteiger partial charge on any atom is 0.220 e. The number of nitrogens with one attached hydrogen (secondary N) is 1. The van der Waals surface area contributed by atoms with Crippen molar-refractivity contribution in [3.8, 4) is 0 Å². The molecule has 2 fully saturated rings. The van der Waals surface area contributed by atoms with E-state index in [-0.39, 0.29) is 18.9 Å². The number of carbonyl (C=O) groups is 1. The van der Waals surface area contributed by atoms with E-state index in [9.17, 15) is 45.6 Å². The van der Waals surface area contributed by atoms with Gasteiger partial charge in [0, 0.05) is 6.42 Å². The standard InChI is InChI=1S/C91H149NO13/c1-3-5-7-9-11-13-15-17-19-21-23-25-27-29-31-33-35-37-38-39-40-41-42-43-45-47-49-51-53-55-57-59-61-63-65-67-69-71-73-75-83(96)92-79(78-102-90-88(101)86(99)89(82(77-94)104-90)105-91-87(100)85(98)84(97)81(76-93)103-91)80(95)74-72-70-68-66-64-62-60-58-56-54-52-50-48-46-44-36-34-32-30-28-26-24-22-20-18-16-14-12-10-8-6-4-2/h5,7,11,13,17,19,23,25,29,31,35,37,39-40,42-43,47,49,53,55-56,58-59,61,64-67,72,74,79-82,84-91,93-95,97-101H,3-4,6,8-10,12,14-16,18,20-22,24,26-28,30,32-34,36,38,41,44-46,48,50-52,54,57,60,62-63,68-71,73,75-78H2,1-2H3,(H,92,96)/b7-5-,13-11-,19-17-,25-23-,31-29-,37-35-,40-39-,43-42-,49-47-,55-53-,58-56+,61-59-,66-64+,67-65-,74-72+. The van der Waals surface area contributed by atoms with Crippen LogP contribution < -0.4 is 5.32 Å². The van der Waals surface area contributed by atoms with E-state index in [1.54, 1.807) is 6.08 Å². The molecule has 12 unspecified atom stereocenters. The predicted molar refractivity (Wildman–Crippen MR) is 437 cm³/mol. The third-order valence-electron chi connectivity index (χ3n) is 18.8. The molecule has 14 heteroatoms. The molecular formula is C91H149NO13. The van der Waals surface area contributed by atoms with Crippen molar-refractivity contribution in [1.82, 2.24) is 5.32 Å². The first-order chi connectivity index (χ1) is 51.6. The average Bonchev–Trinajstić information content (AvgIpc) is 0.789. The smallest absolute Gasteiger partial charge is 0.220 e. The van der Waals surface area contributed by atoms with Crippen molar-refractivity contribution in [2.45, 2.75) is 364 Å². The molecule has 2 rings (SSSR count). The van der Waals surface area contributed by atoms with Crippen LogP contribution in [0, 0.1) is 0 Å². The van der Waals surface area contributed by atoms with E-state index < -0.39 is 86.8 Å². The van der Waals surface area contributed by atoms with Crippen molar-refractivity contribution in [2.75, 3.05) is 19.8 Å². The van der Waals surface area contributed by atoms with E-state index in [1.165, 1.54) is 141 Å². The Kier molecular flexibility index (Phi) is 65.9. The Morgan fingerprint density at radius 2 is 0.667 bits per heavy atom. The lowest BCUT2D eigenvalue weighted by Gasteiger charge is -2.46. The zero-order valence-corrected chi connectivity index (χ0v) is 65.4. The van der Waals surface area contributed by atoms with Gasteiger partial charge >= 0.3 is 0 Å². The van der Waals surface area contributed by atoms with Crippen molar-refractivity contribution in [2.24, 2.45) is 0 Å². The minimum atomic E-state index is -1.81. The van der Waals surface area contributed by atoms with Crippen LogP contribution in [0.5, 0.6) is 0 Å². The van der Waals surface area contributed by atoms with E-state index in [0.29, 0.717) is 12.8 Å². The summed E-state index contributed by atoms with van der Waals surface area (Å²) in [7, 11) is 0. The Hall–Kier alpha value is -4.91. The molecule has 14 nitrogen and oxygen atoms in total. The van der Waals surface area contributed by atoms with E-state index >= 15 is 0 Å². The fraction of sp³-hybridized carbons (Fsp3) is 0.659. The summed E-state index contributed by atoms with van der Waals surface area (Å²) in [5, 5.41) is 87.6. The van der Waals surface area contributed by atoms with Gasteiger partial charge in [-0.15, -0.1) is 0 Å². The number of hydrogen-bond donors (Lipinski definition) is 9. The molecule has 1 amide bonds. The molecule has 2 aliphatic rings. The number of aliphatic hydroxyl groups excluding tert-OH is 8. The summed E-state index contributed by atoms with van der Waals surface area (Å²) in [6.45, 7) is 2.65. The number of hydrogen-bond acceptors (Lipinski definition) is 13. The van der Waals surface area contributed by atoms with Gasteiger partial charge in [0.1, 0.15) is 48.8 Å². The second kappa shape index (κ2) is 72.0. The van der Waals surface area contributed by atoms with Gasteiger partial charge < -0.3 is 65.1 Å². The molecule has 0 aromatic rings. The second-order valence-electron chi connectivity index (χ2n) is 28.1. The Labute approximate surface area is 638 Å². The van der Waals surface area contributed by atoms with Gasteiger partial charge in [-0.1, -0.05) is 331 Å². The third-order valence-corrected chi connectivity index (χ3v) is 18.8. The molecule has 2 saturated heterocycles. The van der Waals surface area contributed by atoms with Crippen LogP contribution >= 0.6 is 0 Å². The highest BCUT2D eigenvalue weighted by atomic mass is 16.7. The minimum Gasteiger partial charge on any atom is -0.394 e. The highest BCUT2D eigenvalue weighted by Crippen LogP contribution is 2.30. The quantitative estimate of drug-likeness (QED) is 0.0204. The van der Waals surface area contributed by atoms with Crippen molar-refractivity contribution < 1.29 is 64.6 Å². The molecule has 0 aliphatic carbocycles. The number of unbranched alkanes of at least 4 members (excludes halogenated alkanes) is 26. The van der Waals surface area contributed by atoms with Crippen LogP contribution in [0.15, 0.2) is 182 Å². The zero-order chi connectivity index (χ0) is 75.8. The van der Waals surface area contributed by atoms with E-state index in [1.807, 2.05) is 6.08 Å². The van der Waals surface area contributed by atoms with Crippen molar-refractivity contribution in [3.63, 3.8) is 0 Å². The number of ether oxygens (including phenoxy) is 4. The summed E-state index contributed by atoms with van der Waals surface area (Å²) in [5.41, 5.74) is 0. The average molecular weight is 1470 g/mol. The summed E-state index contributed by atoms with van der Waals surface area (Å²) >= 11 is 0. The molecule has 596 valence electrons. The van der Waals surface area contributed by atoms with Crippen LogP contribution in [0.2, 0.25) is 0 Å². The summed E-state index contributed by atoms with van der Waals surface area (Å²) in [6, 6.07) is -0.978. The zero-order valence-electron chi connectivity index (χ0n) is 65.4. The fourth-order valence-corrected chi connectivity index (χ4v) is 12.3. The first-order valence-corrected chi connectivity index (χ1v) is 41.5. The SMILES string of the molecule is CC/C=C\C/C=C\C/C=C\C/C=C\C/C=C\C/C=C\C/C=C\C/C=C\C/C=C\C/C=C\C/C=C\C/C=C\CCCCC(=O)NC(COC1OC(CO)C(OC2OC(CO)C(O)C(O)C2O)C(O)C1O)C(O)/C=C/CC/C=C/CC/C=C/CCCCCCCCCCCCCCCCCCCCCCCC. The number of amides is 1. The lowest BCUT2D eigenvalue weighted by atomic mass is 9.97. The molecule has 0 spiro atoms. The first-order valence-electron chi connectivity index (χ1n) is 41.5. The Bertz CT molecular complexity index is 2480. The maximum absolute atomic E-state index is 13.4. The molecule has 105 heavy (non-hydrogen) atoms. The van der Waals surface area contributed by atoms with Crippen LogP contribution in [0.1, 0.15) is 290 Å². The predicted octanol–water partition coefficient (Wildman–Crippen LogP) is 19.6. The third kappa shape index (κ3) is 54.4. The first kappa shape index (κ1) is 96.2. The summed E-state index contributed by atoms with van der Waals surface area (Å²) < 4.78 is 22.9. The highest BCUT2D eigenvalue weighted by Gasteiger charge is 2.51. The lowest BCUT2D eigenvalue weighted by Crippen LogP contribution is -2.65. The minimum absolute atomic E-state index is 0.202. The highest BCUT2D eigenvalue weighted by molar-refractivity contribution is 5.76. The van der Waals surface area contributed by atoms with E-state index in [2.05, 4.69) is 189 Å². The molecule has 9 N–H and O–H groups in total. The number of aliphatic hydroxyl groups is 8. The van der Waals surface area contributed by atoms with Gasteiger partial charge in [0.05, 0.1) is 32.0 Å². The Balaban J connectivity index is 1.68. The van der Waals surface area contributed by atoms with Crippen molar-refractivity contribution >= 4 is 5.91 Å². The Morgan fingerprint density at radius 1 is 0.352 bits per heavy atom. The van der Waals surface area contributed by atoms with Crippen molar-refractivity contribution in [3.05, 3.63) is 182 Å². The van der Waals surface area contributed by atoms with Gasteiger partial charge in [0.2, 0.25) is 5.91 Å². The van der Waals surface area contributed by atoms with Gasteiger partial charge in [-0.05, 0) is 135 Å². The number of rotatable bonds is 67. The molecular weight excluding hydrogens is 1310 g/mol. The summed E-state index contributed by atoms with van der Waals surface area (Å²) in [6.07, 6.45) is 96.9. The molecule has 2 heterocycles. The molecule has 12 atom stereocenters. The number of carbonyl (C=O) groups excluding carboxylic acids is 1. The summed E-state index contributed by atoms with van der Waals surface area (Å²) in [4.78, 5) is 13.4. The topological polar surface area (TPSA) is 228 Å². The van der Waals surface area contributed by atoms with Gasteiger partial charge in [-0.3, -0.25) is 4.79 Å². The van der Waals surface area contributed by atoms with Crippen LogP contribution in [0.3, 0.4) is 0 Å². The van der Waals surface area contributed by atoms with Crippen molar-refractivity contribution in [1.29, 1.82) is 0 Å². The van der Waals surface area contributed by atoms with Gasteiger partial charge in [0.25, 0.3) is 0 Å². The fourth-order valence-electron chi connectivity index (χ4n) is 12.3. The van der Waals surface area contributed by atoms with E-state index in [0.717, 1.165) is 116 Å². The largest absolute Gasteiger partial charge is 0.394 e. The molecule has 0 radical (unpaired) electrons. The molecule has 2 aliphatic heterocycles. The van der Waals surface area contributed by atoms with Gasteiger partial charge in [0.15, 0.2) is 12.6 Å². The van der Waals surface area contributed by atoms with Gasteiger partial charge in [-0.25, -0.2) is 0 Å². The lowest BCUT2D eigenvalue weighted by molar-refractivity contribution is -0.359. The second-order valence-corrected chi connectivity index (χ2v) is 28.1. The summed E-state index contributed by atoms with van der Waals surface area (Å²) in [5.74, 6) is -0.301. The normalized spacial score (nSPS) is 22.4. The molecule has 0 aromatic carbocycles. The molecule has 0 aromatic heterocycles. The van der Waals surface area contributed by atoms with Crippen LogP contribution in [-0.2, 0) is 23.7 Å². The van der Waals surface area contributed by atoms with Crippen LogP contribution in [-0.4, -0.2) is 140 Å². The molecule has 0 bridgehead atoms. The van der Waals surface area contributed by atoms with E-state index in [4.69, 9.17) is 18.9 Å².